The van der Waals surface area contributed by atoms with E-state index in [1.807, 2.05) is 13.1 Å². The third kappa shape index (κ3) is 2.43. The highest BCUT2D eigenvalue weighted by Gasteiger charge is 2.28. The lowest BCUT2D eigenvalue weighted by Gasteiger charge is -2.11. The molecule has 2 aromatic heterocycles. The zero-order chi connectivity index (χ0) is 15.0. The first-order valence-electron chi connectivity index (χ1n) is 7.79. The SMILES string of the molecule is CCCC(=O)OC1CCn2c1cc1c(C(C)C)nccc12. The number of carbonyl (C=O) groups is 1. The van der Waals surface area contributed by atoms with Gasteiger partial charge in [0.05, 0.1) is 16.9 Å². The van der Waals surface area contributed by atoms with E-state index in [2.05, 4.69) is 35.5 Å². The Morgan fingerprint density at radius 1 is 1.52 bits per heavy atom. The predicted molar refractivity (Wildman–Crippen MR) is 82.2 cm³/mol. The van der Waals surface area contributed by atoms with Crippen molar-refractivity contribution in [2.24, 2.45) is 0 Å². The second-order valence-corrected chi connectivity index (χ2v) is 6.02. The molecule has 1 aliphatic heterocycles. The third-order valence-corrected chi connectivity index (χ3v) is 4.11. The van der Waals surface area contributed by atoms with Crippen LogP contribution in [-0.4, -0.2) is 15.5 Å². The molecule has 0 N–H and O–H groups in total. The summed E-state index contributed by atoms with van der Waals surface area (Å²) in [5, 5.41) is 1.19. The Labute approximate surface area is 125 Å². The molecule has 0 radical (unpaired) electrons. The Balaban J connectivity index is 1.97. The van der Waals surface area contributed by atoms with Gasteiger partial charge in [-0.2, -0.15) is 0 Å². The molecule has 3 heterocycles. The van der Waals surface area contributed by atoms with Crippen LogP contribution in [0.5, 0.6) is 0 Å². The average molecular weight is 286 g/mol. The van der Waals surface area contributed by atoms with Crippen molar-refractivity contribution in [3.63, 3.8) is 0 Å². The van der Waals surface area contributed by atoms with E-state index in [0.29, 0.717) is 12.3 Å². The van der Waals surface area contributed by atoms with E-state index >= 15 is 0 Å². The van der Waals surface area contributed by atoms with E-state index in [0.717, 1.165) is 30.8 Å². The van der Waals surface area contributed by atoms with Crippen LogP contribution in [0.2, 0.25) is 0 Å². The largest absolute Gasteiger partial charge is 0.456 e. The fraction of sp³-hybridized carbons (Fsp3) is 0.529. The number of fused-ring (bicyclic) bond motifs is 3. The van der Waals surface area contributed by atoms with E-state index in [9.17, 15) is 4.79 Å². The number of aryl methyl sites for hydroxylation is 1. The number of nitrogens with zero attached hydrogens (tertiary/aromatic N) is 2. The lowest BCUT2D eigenvalue weighted by atomic mass is 10.1. The van der Waals surface area contributed by atoms with Crippen LogP contribution in [0.25, 0.3) is 10.9 Å². The zero-order valence-corrected chi connectivity index (χ0v) is 12.9. The molecule has 0 aliphatic carbocycles. The van der Waals surface area contributed by atoms with E-state index in [-0.39, 0.29) is 12.1 Å². The summed E-state index contributed by atoms with van der Waals surface area (Å²) in [4.78, 5) is 16.3. The molecule has 3 rings (SSSR count). The molecule has 1 atom stereocenters. The Morgan fingerprint density at radius 2 is 2.33 bits per heavy atom. The topological polar surface area (TPSA) is 44.1 Å². The summed E-state index contributed by atoms with van der Waals surface area (Å²) in [6.45, 7) is 7.21. The van der Waals surface area contributed by atoms with Gasteiger partial charge in [0, 0.05) is 31.0 Å². The van der Waals surface area contributed by atoms with Crippen molar-refractivity contribution in [3.8, 4) is 0 Å². The van der Waals surface area contributed by atoms with Gasteiger partial charge in [-0.25, -0.2) is 0 Å². The van der Waals surface area contributed by atoms with Crippen LogP contribution in [0.4, 0.5) is 0 Å². The number of pyridine rings is 1. The molecule has 2 aromatic rings. The first-order valence-corrected chi connectivity index (χ1v) is 7.79. The minimum atomic E-state index is -0.100. The molecule has 1 aliphatic rings. The number of aromatic nitrogens is 2. The van der Waals surface area contributed by atoms with Crippen LogP contribution < -0.4 is 0 Å². The number of hydrogen-bond acceptors (Lipinski definition) is 3. The lowest BCUT2D eigenvalue weighted by Crippen LogP contribution is -2.08. The molecule has 0 saturated carbocycles. The molecule has 112 valence electrons. The zero-order valence-electron chi connectivity index (χ0n) is 12.9. The summed E-state index contributed by atoms with van der Waals surface area (Å²) in [7, 11) is 0. The number of hydrogen-bond donors (Lipinski definition) is 0. The summed E-state index contributed by atoms with van der Waals surface area (Å²) in [5.41, 5.74) is 3.44. The van der Waals surface area contributed by atoms with E-state index < -0.39 is 0 Å². The number of rotatable bonds is 4. The van der Waals surface area contributed by atoms with Crippen LogP contribution in [0.15, 0.2) is 18.3 Å². The molecule has 21 heavy (non-hydrogen) atoms. The fourth-order valence-corrected chi connectivity index (χ4v) is 3.14. The molecule has 1 unspecified atom stereocenters. The summed E-state index contributed by atoms with van der Waals surface area (Å²) >= 11 is 0. The monoisotopic (exact) mass is 286 g/mol. The molecular weight excluding hydrogens is 264 g/mol. The van der Waals surface area contributed by atoms with E-state index in [1.165, 1.54) is 10.9 Å². The first-order chi connectivity index (χ1) is 10.1. The standard InChI is InChI=1S/C17H22N2O2/c1-4-5-16(20)21-15-7-9-19-13-6-8-18-17(11(2)3)12(13)10-14(15)19/h6,8,10-11,15H,4-5,7,9H2,1-3H3. The van der Waals surface area contributed by atoms with Crippen molar-refractivity contribution in [1.82, 2.24) is 9.55 Å². The second-order valence-electron chi connectivity index (χ2n) is 6.02. The Kier molecular flexibility index (Phi) is 3.70. The van der Waals surface area contributed by atoms with Crippen molar-refractivity contribution in [2.75, 3.05) is 0 Å². The molecule has 4 nitrogen and oxygen atoms in total. The Hall–Kier alpha value is -1.84. The highest BCUT2D eigenvalue weighted by Crippen LogP contribution is 2.37. The molecule has 0 aromatic carbocycles. The van der Waals surface area contributed by atoms with Gasteiger partial charge in [0.15, 0.2) is 0 Å². The predicted octanol–water partition coefficient (Wildman–Crippen LogP) is 3.95. The number of carbonyl (C=O) groups excluding carboxylic acids is 1. The minimum absolute atomic E-state index is 0.0941. The Morgan fingerprint density at radius 3 is 3.05 bits per heavy atom. The van der Waals surface area contributed by atoms with Gasteiger partial charge in [0.2, 0.25) is 0 Å². The van der Waals surface area contributed by atoms with Crippen molar-refractivity contribution in [2.45, 2.75) is 58.6 Å². The van der Waals surface area contributed by atoms with Crippen LogP contribution in [-0.2, 0) is 16.1 Å². The maximum atomic E-state index is 11.8. The normalized spacial score (nSPS) is 17.4. The quantitative estimate of drug-likeness (QED) is 0.799. The number of esters is 1. The van der Waals surface area contributed by atoms with Crippen molar-refractivity contribution >= 4 is 16.9 Å². The smallest absolute Gasteiger partial charge is 0.306 e. The highest BCUT2D eigenvalue weighted by molar-refractivity contribution is 5.84. The maximum absolute atomic E-state index is 11.8. The van der Waals surface area contributed by atoms with Crippen LogP contribution >= 0.6 is 0 Å². The maximum Gasteiger partial charge on any atom is 0.306 e. The van der Waals surface area contributed by atoms with Crippen molar-refractivity contribution < 1.29 is 9.53 Å². The van der Waals surface area contributed by atoms with Gasteiger partial charge in [-0.1, -0.05) is 20.8 Å². The lowest BCUT2D eigenvalue weighted by molar-refractivity contribution is -0.149. The van der Waals surface area contributed by atoms with Crippen LogP contribution in [0, 0.1) is 0 Å². The van der Waals surface area contributed by atoms with E-state index in [1.54, 1.807) is 0 Å². The molecule has 0 spiro atoms. The van der Waals surface area contributed by atoms with Crippen molar-refractivity contribution in [1.29, 1.82) is 0 Å². The molecule has 0 saturated heterocycles. The molecule has 0 bridgehead atoms. The average Bonchev–Trinajstić information content (AvgIpc) is 2.98. The van der Waals surface area contributed by atoms with E-state index in [4.69, 9.17) is 4.74 Å². The second kappa shape index (κ2) is 5.51. The molecule has 4 heteroatoms. The fourth-order valence-electron chi connectivity index (χ4n) is 3.14. The van der Waals surface area contributed by atoms with Gasteiger partial charge < -0.3 is 9.30 Å². The molecular formula is C17H22N2O2. The third-order valence-electron chi connectivity index (χ3n) is 4.11. The summed E-state index contributed by atoms with van der Waals surface area (Å²) in [6.07, 6.45) is 3.98. The summed E-state index contributed by atoms with van der Waals surface area (Å²) in [5.74, 6) is 0.293. The number of ether oxygens (including phenoxy) is 1. The van der Waals surface area contributed by atoms with Gasteiger partial charge in [-0.3, -0.25) is 9.78 Å². The summed E-state index contributed by atoms with van der Waals surface area (Å²) in [6, 6.07) is 4.22. The summed E-state index contributed by atoms with van der Waals surface area (Å²) < 4.78 is 7.90. The molecule has 0 fully saturated rings. The van der Waals surface area contributed by atoms with Crippen LogP contribution in [0.3, 0.4) is 0 Å². The van der Waals surface area contributed by atoms with Crippen LogP contribution in [0.1, 0.15) is 63.4 Å². The minimum Gasteiger partial charge on any atom is -0.456 e. The van der Waals surface area contributed by atoms with Gasteiger partial charge >= 0.3 is 5.97 Å². The first kappa shape index (κ1) is 14.1. The van der Waals surface area contributed by atoms with Gasteiger partial charge in [0.1, 0.15) is 6.10 Å². The van der Waals surface area contributed by atoms with Gasteiger partial charge in [-0.05, 0) is 24.5 Å². The van der Waals surface area contributed by atoms with Gasteiger partial charge in [-0.15, -0.1) is 0 Å². The van der Waals surface area contributed by atoms with Crippen molar-refractivity contribution in [3.05, 3.63) is 29.7 Å². The van der Waals surface area contributed by atoms with Gasteiger partial charge in [0.25, 0.3) is 0 Å². The Bertz CT molecular complexity index is 673. The molecule has 0 amide bonds. The highest BCUT2D eigenvalue weighted by atomic mass is 16.5.